The predicted molar refractivity (Wildman–Crippen MR) is 52.5 cm³/mol. The Morgan fingerprint density at radius 3 is 2.93 bits per heavy atom. The van der Waals surface area contributed by atoms with Crippen molar-refractivity contribution in [3.05, 3.63) is 30.1 Å². The lowest BCUT2D eigenvalue weighted by atomic mass is 10.3. The molecule has 0 atom stereocenters. The van der Waals surface area contributed by atoms with Crippen molar-refractivity contribution >= 4 is 6.29 Å². The van der Waals surface area contributed by atoms with Crippen molar-refractivity contribution in [2.24, 2.45) is 0 Å². The minimum Gasteiger partial charge on any atom is -0.494 e. The fourth-order valence-electron chi connectivity index (χ4n) is 1.37. The van der Waals surface area contributed by atoms with Crippen LogP contribution in [0.4, 0.5) is 0 Å². The summed E-state index contributed by atoms with van der Waals surface area (Å²) in [7, 11) is 1.57. The van der Waals surface area contributed by atoms with Gasteiger partial charge in [0, 0.05) is 12.3 Å². The van der Waals surface area contributed by atoms with E-state index in [4.69, 9.17) is 4.74 Å². The molecule has 2 aromatic heterocycles. The van der Waals surface area contributed by atoms with Crippen LogP contribution in [0.5, 0.6) is 5.75 Å². The molecule has 0 aliphatic heterocycles. The van der Waals surface area contributed by atoms with Crippen molar-refractivity contribution in [2.45, 2.75) is 0 Å². The molecule has 0 aliphatic carbocycles. The molecule has 0 unspecified atom stereocenters. The number of carbonyl (C=O) groups excluding carboxylic acids is 1. The van der Waals surface area contributed by atoms with Crippen LogP contribution < -0.4 is 4.74 Å². The maximum atomic E-state index is 10.6. The summed E-state index contributed by atoms with van der Waals surface area (Å²) in [4.78, 5) is 16.6. The van der Waals surface area contributed by atoms with Gasteiger partial charge in [-0.15, -0.1) is 0 Å². The third-order valence-electron chi connectivity index (χ3n) is 2.02. The molecule has 2 N–H and O–H groups in total. The second-order valence-corrected chi connectivity index (χ2v) is 2.87. The van der Waals surface area contributed by atoms with Crippen molar-refractivity contribution in [3.8, 4) is 17.1 Å². The molecule has 4 nitrogen and oxygen atoms in total. The number of H-pyrrole nitrogens is 2. The third-order valence-corrected chi connectivity index (χ3v) is 2.02. The quantitative estimate of drug-likeness (QED) is 0.725. The van der Waals surface area contributed by atoms with Crippen molar-refractivity contribution in [3.63, 3.8) is 0 Å². The fourth-order valence-corrected chi connectivity index (χ4v) is 1.37. The molecular formula is C10H10N2O2. The molecule has 0 saturated heterocycles. The number of nitrogens with one attached hydrogen (secondary N) is 2. The maximum absolute atomic E-state index is 10.6. The molecule has 0 saturated carbocycles. The minimum atomic E-state index is 0.506. The highest BCUT2D eigenvalue weighted by molar-refractivity contribution is 5.78. The van der Waals surface area contributed by atoms with Gasteiger partial charge in [-0.2, -0.15) is 0 Å². The van der Waals surface area contributed by atoms with E-state index in [0.29, 0.717) is 11.4 Å². The topological polar surface area (TPSA) is 57.9 Å². The highest BCUT2D eigenvalue weighted by atomic mass is 16.5. The SMILES string of the molecule is COc1cc(C=O)[nH]c1-c1ccc[nH]1. The van der Waals surface area contributed by atoms with Crippen LogP contribution >= 0.6 is 0 Å². The summed E-state index contributed by atoms with van der Waals surface area (Å²) in [5.74, 6) is 0.662. The second kappa shape index (κ2) is 3.41. The molecule has 2 rings (SSSR count). The van der Waals surface area contributed by atoms with Gasteiger partial charge in [-0.1, -0.05) is 0 Å². The second-order valence-electron chi connectivity index (χ2n) is 2.87. The molecule has 2 heterocycles. The zero-order valence-electron chi connectivity index (χ0n) is 7.70. The monoisotopic (exact) mass is 190 g/mol. The molecular weight excluding hydrogens is 180 g/mol. The zero-order valence-corrected chi connectivity index (χ0v) is 7.70. The number of rotatable bonds is 3. The van der Waals surface area contributed by atoms with Crippen LogP contribution in [0.15, 0.2) is 24.4 Å². The molecule has 0 aromatic carbocycles. The number of hydrogen-bond donors (Lipinski definition) is 2. The molecule has 0 spiro atoms. The first-order chi connectivity index (χ1) is 6.85. The zero-order chi connectivity index (χ0) is 9.97. The fraction of sp³-hybridized carbons (Fsp3) is 0.100. The first kappa shape index (κ1) is 8.62. The molecule has 0 amide bonds. The highest BCUT2D eigenvalue weighted by Crippen LogP contribution is 2.28. The normalized spacial score (nSPS) is 10.1. The minimum absolute atomic E-state index is 0.506. The Hall–Kier alpha value is -1.97. The van der Waals surface area contributed by atoms with Crippen LogP contribution in [-0.2, 0) is 0 Å². The van der Waals surface area contributed by atoms with Crippen molar-refractivity contribution in [1.29, 1.82) is 0 Å². The van der Waals surface area contributed by atoms with Gasteiger partial charge in [0.25, 0.3) is 0 Å². The van der Waals surface area contributed by atoms with E-state index in [1.807, 2.05) is 18.3 Å². The van der Waals surface area contributed by atoms with E-state index in [-0.39, 0.29) is 0 Å². The molecule has 14 heavy (non-hydrogen) atoms. The molecule has 0 fully saturated rings. The first-order valence-corrected chi connectivity index (χ1v) is 4.21. The molecule has 72 valence electrons. The third kappa shape index (κ3) is 1.31. The Morgan fingerprint density at radius 2 is 2.36 bits per heavy atom. The van der Waals surface area contributed by atoms with Crippen LogP contribution in [0.2, 0.25) is 0 Å². The molecule has 0 bridgehead atoms. The average molecular weight is 190 g/mol. The predicted octanol–water partition coefficient (Wildman–Crippen LogP) is 1.83. The number of ether oxygens (including phenoxy) is 1. The number of aldehydes is 1. The number of methoxy groups -OCH3 is 1. The summed E-state index contributed by atoms with van der Waals surface area (Å²) < 4.78 is 5.14. The summed E-state index contributed by atoms with van der Waals surface area (Å²) in [5.41, 5.74) is 2.20. The lowest BCUT2D eigenvalue weighted by Crippen LogP contribution is -1.84. The average Bonchev–Trinajstić information content (AvgIpc) is 2.85. The summed E-state index contributed by atoms with van der Waals surface area (Å²) in [5, 5.41) is 0. The molecule has 0 aliphatic rings. The van der Waals surface area contributed by atoms with E-state index in [1.165, 1.54) is 0 Å². The van der Waals surface area contributed by atoms with Crippen LogP contribution in [0, 0.1) is 0 Å². The van der Waals surface area contributed by atoms with Gasteiger partial charge in [0.15, 0.2) is 6.29 Å². The Labute approximate surface area is 80.9 Å². The van der Waals surface area contributed by atoms with Crippen molar-refractivity contribution in [1.82, 2.24) is 9.97 Å². The van der Waals surface area contributed by atoms with Crippen LogP contribution in [0.25, 0.3) is 11.4 Å². The molecule has 0 radical (unpaired) electrons. The van der Waals surface area contributed by atoms with Gasteiger partial charge in [0.2, 0.25) is 0 Å². The Morgan fingerprint density at radius 1 is 1.50 bits per heavy atom. The summed E-state index contributed by atoms with van der Waals surface area (Å²) in [6, 6.07) is 5.46. The molecule has 2 aromatic rings. The summed E-state index contributed by atoms with van der Waals surface area (Å²) in [6.45, 7) is 0. The van der Waals surface area contributed by atoms with E-state index in [2.05, 4.69) is 9.97 Å². The smallest absolute Gasteiger partial charge is 0.166 e. The van der Waals surface area contributed by atoms with Crippen molar-refractivity contribution in [2.75, 3.05) is 7.11 Å². The first-order valence-electron chi connectivity index (χ1n) is 4.21. The van der Waals surface area contributed by atoms with Gasteiger partial charge in [0.1, 0.15) is 11.4 Å². The van der Waals surface area contributed by atoms with Gasteiger partial charge in [-0.25, -0.2) is 0 Å². The summed E-state index contributed by atoms with van der Waals surface area (Å²) in [6.07, 6.45) is 2.57. The van der Waals surface area contributed by atoms with Gasteiger partial charge >= 0.3 is 0 Å². The largest absolute Gasteiger partial charge is 0.494 e. The highest BCUT2D eigenvalue weighted by Gasteiger charge is 2.10. The Balaban J connectivity index is 2.51. The van der Waals surface area contributed by atoms with Crippen LogP contribution in [0.3, 0.4) is 0 Å². The van der Waals surface area contributed by atoms with Crippen LogP contribution in [-0.4, -0.2) is 23.4 Å². The van der Waals surface area contributed by atoms with Gasteiger partial charge in [0.05, 0.1) is 18.5 Å². The summed E-state index contributed by atoms with van der Waals surface area (Å²) >= 11 is 0. The Kier molecular flexibility index (Phi) is 2.10. The number of hydrogen-bond acceptors (Lipinski definition) is 2. The lowest BCUT2D eigenvalue weighted by Gasteiger charge is -1.98. The van der Waals surface area contributed by atoms with Gasteiger partial charge in [-0.3, -0.25) is 4.79 Å². The van der Waals surface area contributed by atoms with Crippen LogP contribution in [0.1, 0.15) is 10.5 Å². The standard InChI is InChI=1S/C10H10N2O2/c1-14-9-5-7(6-13)12-10(9)8-3-2-4-11-8/h2-6,11-12H,1H3. The van der Waals surface area contributed by atoms with Gasteiger partial charge < -0.3 is 14.7 Å². The van der Waals surface area contributed by atoms with E-state index < -0.39 is 0 Å². The van der Waals surface area contributed by atoms with E-state index in [1.54, 1.807) is 13.2 Å². The number of aromatic amines is 2. The van der Waals surface area contributed by atoms with Crippen molar-refractivity contribution < 1.29 is 9.53 Å². The lowest BCUT2D eigenvalue weighted by molar-refractivity contribution is 0.111. The Bertz CT molecular complexity index is 429. The molecule has 4 heteroatoms. The number of carbonyl (C=O) groups is 1. The van der Waals surface area contributed by atoms with E-state index >= 15 is 0 Å². The van der Waals surface area contributed by atoms with E-state index in [9.17, 15) is 4.79 Å². The van der Waals surface area contributed by atoms with Gasteiger partial charge in [-0.05, 0) is 12.1 Å². The van der Waals surface area contributed by atoms with E-state index in [0.717, 1.165) is 17.7 Å². The maximum Gasteiger partial charge on any atom is 0.166 e. The number of aromatic nitrogens is 2.